The van der Waals surface area contributed by atoms with Gasteiger partial charge in [-0.2, -0.15) is 0 Å². The number of hydrogen-bond donors (Lipinski definition) is 1. The van der Waals surface area contributed by atoms with Crippen molar-refractivity contribution >= 4 is 5.82 Å². The first kappa shape index (κ1) is 7.53. The number of aromatic nitrogens is 2. The molecule has 1 saturated carbocycles. The molecule has 64 valence electrons. The van der Waals surface area contributed by atoms with E-state index in [9.17, 15) is 0 Å². The summed E-state index contributed by atoms with van der Waals surface area (Å²) >= 11 is 0. The van der Waals surface area contributed by atoms with Crippen LogP contribution < -0.4 is 5.73 Å². The molecule has 3 nitrogen and oxygen atoms in total. The van der Waals surface area contributed by atoms with E-state index in [1.807, 2.05) is 6.92 Å². The molecule has 2 rings (SSSR count). The molecule has 1 aliphatic rings. The van der Waals surface area contributed by atoms with E-state index in [-0.39, 0.29) is 0 Å². The van der Waals surface area contributed by atoms with Gasteiger partial charge in [0.05, 0.1) is 5.69 Å². The van der Waals surface area contributed by atoms with Gasteiger partial charge in [-0.25, -0.2) is 9.97 Å². The van der Waals surface area contributed by atoms with E-state index in [0.717, 1.165) is 11.3 Å². The highest BCUT2D eigenvalue weighted by Crippen LogP contribution is 2.37. The van der Waals surface area contributed by atoms with Crippen LogP contribution in [-0.4, -0.2) is 9.97 Å². The Hall–Kier alpha value is -1.12. The SMILES string of the molecule is Cc1c(N)ncnc1C1CCC1. The Morgan fingerprint density at radius 1 is 1.42 bits per heavy atom. The molecule has 0 spiro atoms. The number of nitrogen functional groups attached to an aromatic ring is 1. The van der Waals surface area contributed by atoms with Crippen molar-refractivity contribution < 1.29 is 0 Å². The van der Waals surface area contributed by atoms with Gasteiger partial charge in [-0.05, 0) is 19.8 Å². The van der Waals surface area contributed by atoms with Gasteiger partial charge in [0.15, 0.2) is 0 Å². The van der Waals surface area contributed by atoms with Crippen LogP contribution >= 0.6 is 0 Å². The van der Waals surface area contributed by atoms with Crippen LogP contribution in [-0.2, 0) is 0 Å². The zero-order valence-electron chi connectivity index (χ0n) is 7.25. The van der Waals surface area contributed by atoms with Crippen LogP contribution in [0.15, 0.2) is 6.33 Å². The van der Waals surface area contributed by atoms with E-state index in [4.69, 9.17) is 5.73 Å². The van der Waals surface area contributed by atoms with Gasteiger partial charge in [-0.15, -0.1) is 0 Å². The molecule has 0 amide bonds. The molecule has 0 saturated heterocycles. The molecule has 0 unspecified atom stereocenters. The molecular weight excluding hydrogens is 150 g/mol. The maximum atomic E-state index is 5.69. The van der Waals surface area contributed by atoms with E-state index in [1.165, 1.54) is 19.3 Å². The lowest BCUT2D eigenvalue weighted by atomic mass is 9.81. The van der Waals surface area contributed by atoms with Gasteiger partial charge >= 0.3 is 0 Å². The number of nitrogens with zero attached hydrogens (tertiary/aromatic N) is 2. The highest BCUT2D eigenvalue weighted by molar-refractivity contribution is 5.41. The van der Waals surface area contributed by atoms with Gasteiger partial charge in [-0.3, -0.25) is 0 Å². The Kier molecular flexibility index (Phi) is 1.71. The predicted molar refractivity (Wildman–Crippen MR) is 47.8 cm³/mol. The van der Waals surface area contributed by atoms with Crippen molar-refractivity contribution in [2.75, 3.05) is 5.73 Å². The quantitative estimate of drug-likeness (QED) is 0.684. The molecule has 0 aromatic carbocycles. The molecule has 0 radical (unpaired) electrons. The largest absolute Gasteiger partial charge is 0.383 e. The van der Waals surface area contributed by atoms with Crippen LogP contribution in [0.5, 0.6) is 0 Å². The van der Waals surface area contributed by atoms with Gasteiger partial charge in [-0.1, -0.05) is 6.42 Å². The second-order valence-corrected chi connectivity index (χ2v) is 3.40. The summed E-state index contributed by atoms with van der Waals surface area (Å²) in [7, 11) is 0. The average Bonchev–Trinajstić information content (AvgIpc) is 1.95. The Morgan fingerprint density at radius 3 is 2.75 bits per heavy atom. The molecule has 3 heteroatoms. The minimum atomic E-state index is 0.631. The molecule has 1 aromatic heterocycles. The highest BCUT2D eigenvalue weighted by atomic mass is 14.9. The first-order chi connectivity index (χ1) is 5.79. The Bertz CT molecular complexity index is 292. The maximum absolute atomic E-state index is 5.69. The summed E-state index contributed by atoms with van der Waals surface area (Å²) in [5, 5.41) is 0. The van der Waals surface area contributed by atoms with Gasteiger partial charge < -0.3 is 5.73 Å². The molecule has 0 aliphatic heterocycles. The fourth-order valence-corrected chi connectivity index (χ4v) is 1.57. The summed E-state index contributed by atoms with van der Waals surface area (Å²) in [6.07, 6.45) is 5.42. The lowest BCUT2D eigenvalue weighted by molar-refractivity contribution is 0.409. The molecule has 0 atom stereocenters. The van der Waals surface area contributed by atoms with Gasteiger partial charge in [0.1, 0.15) is 12.1 Å². The van der Waals surface area contributed by atoms with Crippen molar-refractivity contribution in [1.29, 1.82) is 0 Å². The number of rotatable bonds is 1. The number of anilines is 1. The van der Waals surface area contributed by atoms with Crippen LogP contribution in [0.1, 0.15) is 36.4 Å². The van der Waals surface area contributed by atoms with Crippen LogP contribution in [0.4, 0.5) is 5.82 Å². The van der Waals surface area contributed by atoms with E-state index in [0.29, 0.717) is 11.7 Å². The maximum Gasteiger partial charge on any atom is 0.129 e. The predicted octanol–water partition coefficient (Wildman–Crippen LogP) is 1.63. The summed E-state index contributed by atoms with van der Waals surface area (Å²) in [5.74, 6) is 1.28. The van der Waals surface area contributed by atoms with Crippen molar-refractivity contribution in [3.05, 3.63) is 17.6 Å². The molecular formula is C9H13N3. The highest BCUT2D eigenvalue weighted by Gasteiger charge is 2.23. The van der Waals surface area contributed by atoms with Crippen LogP contribution in [0.25, 0.3) is 0 Å². The summed E-state index contributed by atoms with van der Waals surface area (Å²) < 4.78 is 0. The van der Waals surface area contributed by atoms with Crippen molar-refractivity contribution in [3.63, 3.8) is 0 Å². The van der Waals surface area contributed by atoms with Gasteiger partial charge in [0.2, 0.25) is 0 Å². The minimum absolute atomic E-state index is 0.631. The summed E-state index contributed by atoms with van der Waals surface area (Å²) in [6.45, 7) is 2.00. The van der Waals surface area contributed by atoms with E-state index in [2.05, 4.69) is 9.97 Å². The second-order valence-electron chi connectivity index (χ2n) is 3.40. The molecule has 1 heterocycles. The third-order valence-electron chi connectivity index (χ3n) is 2.65. The lowest BCUT2D eigenvalue weighted by Crippen LogP contribution is -2.13. The van der Waals surface area contributed by atoms with Crippen molar-refractivity contribution in [1.82, 2.24) is 9.97 Å². The van der Waals surface area contributed by atoms with Crippen molar-refractivity contribution in [2.45, 2.75) is 32.1 Å². The third kappa shape index (κ3) is 1.05. The summed E-state index contributed by atoms with van der Waals surface area (Å²) in [4.78, 5) is 8.22. The molecule has 1 fully saturated rings. The van der Waals surface area contributed by atoms with Crippen LogP contribution in [0.3, 0.4) is 0 Å². The fraction of sp³-hybridized carbons (Fsp3) is 0.556. The first-order valence-corrected chi connectivity index (χ1v) is 4.36. The molecule has 1 aromatic rings. The smallest absolute Gasteiger partial charge is 0.129 e. The Morgan fingerprint density at radius 2 is 2.17 bits per heavy atom. The number of nitrogens with two attached hydrogens (primary N) is 1. The topological polar surface area (TPSA) is 51.8 Å². The van der Waals surface area contributed by atoms with Crippen molar-refractivity contribution in [3.8, 4) is 0 Å². The molecule has 0 bridgehead atoms. The second kappa shape index (κ2) is 2.73. The zero-order valence-corrected chi connectivity index (χ0v) is 7.25. The average molecular weight is 163 g/mol. The fourth-order valence-electron chi connectivity index (χ4n) is 1.57. The summed E-state index contributed by atoms with van der Waals surface area (Å²) in [6, 6.07) is 0. The zero-order chi connectivity index (χ0) is 8.55. The van der Waals surface area contributed by atoms with E-state index < -0.39 is 0 Å². The van der Waals surface area contributed by atoms with Gasteiger partial charge in [0, 0.05) is 11.5 Å². The molecule has 1 aliphatic carbocycles. The van der Waals surface area contributed by atoms with E-state index >= 15 is 0 Å². The normalized spacial score (nSPS) is 17.4. The minimum Gasteiger partial charge on any atom is -0.383 e. The van der Waals surface area contributed by atoms with Crippen LogP contribution in [0, 0.1) is 6.92 Å². The first-order valence-electron chi connectivity index (χ1n) is 4.36. The molecule has 12 heavy (non-hydrogen) atoms. The number of hydrogen-bond acceptors (Lipinski definition) is 3. The molecule has 2 N–H and O–H groups in total. The summed E-state index contributed by atoms with van der Waals surface area (Å²) in [5.41, 5.74) is 7.92. The lowest BCUT2D eigenvalue weighted by Gasteiger charge is -2.26. The Balaban J connectivity index is 2.36. The monoisotopic (exact) mass is 163 g/mol. The van der Waals surface area contributed by atoms with Crippen LogP contribution in [0.2, 0.25) is 0 Å². The Labute approximate surface area is 72.0 Å². The van der Waals surface area contributed by atoms with Crippen molar-refractivity contribution in [2.24, 2.45) is 0 Å². The van der Waals surface area contributed by atoms with Gasteiger partial charge in [0.25, 0.3) is 0 Å². The third-order valence-corrected chi connectivity index (χ3v) is 2.65. The van der Waals surface area contributed by atoms with E-state index in [1.54, 1.807) is 6.33 Å². The standard InChI is InChI=1S/C9H13N3/c1-6-8(7-3-2-4-7)11-5-12-9(6)10/h5,7H,2-4H2,1H3,(H2,10,11,12).